The lowest BCUT2D eigenvalue weighted by atomic mass is 10.2. The first kappa shape index (κ1) is 14.5. The molecule has 0 spiro atoms. The van der Waals surface area contributed by atoms with Gasteiger partial charge in [-0.25, -0.2) is 9.97 Å². The average Bonchev–Trinajstić information content (AvgIpc) is 2.76. The van der Waals surface area contributed by atoms with Crippen molar-refractivity contribution in [1.29, 1.82) is 0 Å². The summed E-state index contributed by atoms with van der Waals surface area (Å²) in [7, 11) is 0. The van der Waals surface area contributed by atoms with Crippen molar-refractivity contribution in [3.63, 3.8) is 0 Å². The fraction of sp³-hybridized carbons (Fsp3) is 0.133. The highest BCUT2D eigenvalue weighted by Gasteiger charge is 2.19. The van der Waals surface area contributed by atoms with Crippen molar-refractivity contribution in [3.8, 4) is 0 Å². The van der Waals surface area contributed by atoms with Crippen LogP contribution in [0, 0.1) is 13.8 Å². The molecule has 2 aromatic heterocycles. The third-order valence-electron chi connectivity index (χ3n) is 2.87. The highest BCUT2D eigenvalue weighted by molar-refractivity contribution is 8.14. The first-order chi connectivity index (χ1) is 10.0. The molecule has 0 fully saturated rings. The Hall–Kier alpha value is -1.43. The molecule has 0 aliphatic heterocycles. The Kier molecular flexibility index (Phi) is 3.97. The molecule has 0 aliphatic carbocycles. The topological polar surface area (TPSA) is 42.9 Å². The molecule has 0 aliphatic rings. The largest absolute Gasteiger partial charge is 0.280 e. The number of halogens is 1. The van der Waals surface area contributed by atoms with E-state index in [2.05, 4.69) is 9.97 Å². The van der Waals surface area contributed by atoms with E-state index in [-0.39, 0.29) is 5.12 Å². The predicted octanol–water partition coefficient (Wildman–Crippen LogP) is 4.89. The molecular weight excluding hydrogens is 324 g/mol. The molecule has 0 saturated heterocycles. The second-order valence-corrected chi connectivity index (χ2v) is 6.93. The van der Waals surface area contributed by atoms with Crippen molar-refractivity contribution in [2.75, 3.05) is 0 Å². The predicted molar refractivity (Wildman–Crippen MR) is 88.5 cm³/mol. The van der Waals surface area contributed by atoms with E-state index < -0.39 is 0 Å². The SMILES string of the molecule is Cc1cc(C)nc(SC(=O)c2sc3ccccc3c2Cl)n1. The van der Waals surface area contributed by atoms with Gasteiger partial charge in [-0.15, -0.1) is 11.3 Å². The maximum Gasteiger partial charge on any atom is 0.238 e. The lowest BCUT2D eigenvalue weighted by Gasteiger charge is -2.01. The fourth-order valence-electron chi connectivity index (χ4n) is 2.01. The van der Waals surface area contributed by atoms with Gasteiger partial charge in [-0.1, -0.05) is 29.8 Å². The van der Waals surface area contributed by atoms with Gasteiger partial charge in [0.2, 0.25) is 5.12 Å². The van der Waals surface area contributed by atoms with E-state index >= 15 is 0 Å². The molecule has 0 saturated carbocycles. The maximum absolute atomic E-state index is 12.4. The van der Waals surface area contributed by atoms with Crippen LogP contribution in [0.15, 0.2) is 35.5 Å². The molecule has 1 aromatic carbocycles. The minimum Gasteiger partial charge on any atom is -0.280 e. The Morgan fingerprint density at radius 3 is 2.52 bits per heavy atom. The van der Waals surface area contributed by atoms with Crippen LogP contribution in [0.5, 0.6) is 0 Å². The van der Waals surface area contributed by atoms with Crippen molar-refractivity contribution in [2.24, 2.45) is 0 Å². The van der Waals surface area contributed by atoms with Crippen molar-refractivity contribution in [3.05, 3.63) is 51.6 Å². The van der Waals surface area contributed by atoms with Crippen molar-refractivity contribution < 1.29 is 4.79 Å². The molecule has 0 radical (unpaired) electrons. The van der Waals surface area contributed by atoms with Gasteiger partial charge in [0.05, 0.1) is 5.02 Å². The van der Waals surface area contributed by atoms with Gasteiger partial charge in [-0.05, 0) is 37.7 Å². The maximum atomic E-state index is 12.4. The Balaban J connectivity index is 1.95. The molecule has 6 heteroatoms. The number of fused-ring (bicyclic) bond motifs is 1. The summed E-state index contributed by atoms with van der Waals surface area (Å²) >= 11 is 8.74. The molecule has 106 valence electrons. The minimum absolute atomic E-state index is 0.119. The summed E-state index contributed by atoms with van der Waals surface area (Å²) in [6.45, 7) is 3.77. The standard InChI is InChI=1S/C15H11ClN2OS2/c1-8-7-9(2)18-15(17-8)21-14(19)13-12(16)10-5-3-4-6-11(10)20-13/h3-7H,1-2H3. The molecule has 0 bridgehead atoms. The Morgan fingerprint density at radius 1 is 1.19 bits per heavy atom. The molecule has 3 rings (SSSR count). The summed E-state index contributed by atoms with van der Waals surface area (Å²) in [5, 5.41) is 1.77. The average molecular weight is 335 g/mol. The number of rotatable bonds is 2. The van der Waals surface area contributed by atoms with Gasteiger partial charge < -0.3 is 0 Å². The molecule has 21 heavy (non-hydrogen) atoms. The first-order valence-corrected chi connectivity index (χ1v) is 8.27. The zero-order valence-electron chi connectivity index (χ0n) is 11.4. The van der Waals surface area contributed by atoms with E-state index in [1.807, 2.05) is 44.2 Å². The second kappa shape index (κ2) is 5.75. The Labute approximate surface area is 135 Å². The molecule has 0 atom stereocenters. The fourth-order valence-corrected chi connectivity index (χ4v) is 4.41. The van der Waals surface area contributed by atoms with Crippen LogP contribution in [0.3, 0.4) is 0 Å². The molecule has 0 N–H and O–H groups in total. The third-order valence-corrected chi connectivity index (χ3v) is 5.42. The lowest BCUT2D eigenvalue weighted by molar-refractivity contribution is 0.109. The summed E-state index contributed by atoms with van der Waals surface area (Å²) in [5.74, 6) is 0. The van der Waals surface area contributed by atoms with Crippen molar-refractivity contribution >= 4 is 49.9 Å². The van der Waals surface area contributed by atoms with Crippen LogP contribution >= 0.6 is 34.7 Å². The van der Waals surface area contributed by atoms with Crippen LogP contribution in [0.4, 0.5) is 0 Å². The van der Waals surface area contributed by atoms with E-state index in [0.717, 1.165) is 33.2 Å². The molecule has 2 heterocycles. The summed E-state index contributed by atoms with van der Waals surface area (Å²) in [6.07, 6.45) is 0. The van der Waals surface area contributed by atoms with Gasteiger partial charge in [0.25, 0.3) is 0 Å². The number of aromatic nitrogens is 2. The number of nitrogens with zero attached hydrogens (tertiary/aromatic N) is 2. The number of aryl methyl sites for hydroxylation is 2. The van der Waals surface area contributed by atoms with Gasteiger partial charge in [-0.3, -0.25) is 4.79 Å². The minimum atomic E-state index is -0.119. The number of carbonyl (C=O) groups is 1. The first-order valence-electron chi connectivity index (χ1n) is 6.26. The van der Waals surface area contributed by atoms with Gasteiger partial charge in [0.1, 0.15) is 4.88 Å². The van der Waals surface area contributed by atoms with Crippen LogP contribution in [0.2, 0.25) is 5.02 Å². The van der Waals surface area contributed by atoms with Gasteiger partial charge in [-0.2, -0.15) is 0 Å². The lowest BCUT2D eigenvalue weighted by Crippen LogP contribution is -1.97. The zero-order valence-corrected chi connectivity index (χ0v) is 13.8. The van der Waals surface area contributed by atoms with Crippen LogP contribution in [0.1, 0.15) is 21.1 Å². The summed E-state index contributed by atoms with van der Waals surface area (Å²) in [5.41, 5.74) is 1.69. The number of benzene rings is 1. The molecule has 3 nitrogen and oxygen atoms in total. The number of thiophene rings is 1. The highest BCUT2D eigenvalue weighted by atomic mass is 35.5. The van der Waals surface area contributed by atoms with Crippen molar-refractivity contribution in [2.45, 2.75) is 19.0 Å². The molecule has 0 unspecified atom stereocenters. The summed E-state index contributed by atoms with van der Waals surface area (Å²) < 4.78 is 1.01. The van der Waals surface area contributed by atoms with E-state index in [4.69, 9.17) is 11.6 Å². The quantitative estimate of drug-likeness (QED) is 0.494. The van der Waals surface area contributed by atoms with Crippen LogP contribution in [0.25, 0.3) is 10.1 Å². The van der Waals surface area contributed by atoms with Gasteiger partial charge in [0.15, 0.2) is 5.16 Å². The summed E-state index contributed by atoms with van der Waals surface area (Å²) in [6, 6.07) is 9.60. The normalized spacial score (nSPS) is 11.0. The Morgan fingerprint density at radius 2 is 1.86 bits per heavy atom. The number of hydrogen-bond acceptors (Lipinski definition) is 5. The smallest absolute Gasteiger partial charge is 0.238 e. The summed E-state index contributed by atoms with van der Waals surface area (Å²) in [4.78, 5) is 21.5. The molecule has 0 amide bonds. The Bertz CT molecular complexity index is 825. The molecule has 3 aromatic rings. The monoisotopic (exact) mass is 334 g/mol. The van der Waals surface area contributed by atoms with Crippen LogP contribution < -0.4 is 0 Å². The second-order valence-electron chi connectivity index (χ2n) is 4.56. The third kappa shape index (κ3) is 2.95. The van der Waals surface area contributed by atoms with E-state index in [1.165, 1.54) is 11.3 Å². The number of carbonyl (C=O) groups excluding carboxylic acids is 1. The molecular formula is C15H11ClN2OS2. The van der Waals surface area contributed by atoms with E-state index in [0.29, 0.717) is 15.1 Å². The van der Waals surface area contributed by atoms with Gasteiger partial charge in [0, 0.05) is 21.5 Å². The number of thioether (sulfide) groups is 1. The highest BCUT2D eigenvalue weighted by Crippen LogP contribution is 2.38. The van der Waals surface area contributed by atoms with Crippen molar-refractivity contribution in [1.82, 2.24) is 9.97 Å². The van der Waals surface area contributed by atoms with Gasteiger partial charge >= 0.3 is 0 Å². The van der Waals surface area contributed by atoms with Crippen LogP contribution in [-0.4, -0.2) is 15.1 Å². The van der Waals surface area contributed by atoms with Crippen LogP contribution in [-0.2, 0) is 0 Å². The number of hydrogen-bond donors (Lipinski definition) is 0. The van der Waals surface area contributed by atoms with E-state index in [9.17, 15) is 4.79 Å². The van der Waals surface area contributed by atoms with E-state index in [1.54, 1.807) is 0 Å². The zero-order chi connectivity index (χ0) is 15.0.